The molecule has 2 nitrogen and oxygen atoms in total. The lowest BCUT2D eigenvalue weighted by atomic mass is 10.4. The van der Waals surface area contributed by atoms with Gasteiger partial charge in [0.25, 0.3) is 0 Å². The van der Waals surface area contributed by atoms with Crippen LogP contribution in [0.25, 0.3) is 0 Å². The summed E-state index contributed by atoms with van der Waals surface area (Å²) in [5.74, 6) is -0.303. The molecule has 0 aromatic heterocycles. The number of carbonyl (C=O) groups excluding carboxylic acids is 1. The number of esters is 1. The Bertz CT molecular complexity index is 94.7. The zero-order valence-corrected chi connectivity index (χ0v) is 4.89. The van der Waals surface area contributed by atoms with Gasteiger partial charge in [-0.15, -0.1) is 0 Å². The highest BCUT2D eigenvalue weighted by Crippen LogP contribution is 1.85. The molecule has 0 saturated heterocycles. The zero-order valence-electron chi connectivity index (χ0n) is 4.89. The maximum atomic E-state index is 10.2. The monoisotopic (exact) mass is 113 g/mol. The van der Waals surface area contributed by atoms with Crippen molar-refractivity contribution in [1.29, 1.82) is 0 Å². The molecule has 0 amide bonds. The fourth-order valence-electron chi connectivity index (χ4n) is 0.273. The highest BCUT2D eigenvalue weighted by Gasteiger charge is 1.91. The fourth-order valence-corrected chi connectivity index (χ4v) is 0.273. The molecular weight excluding hydrogens is 104 g/mol. The van der Waals surface area contributed by atoms with E-state index in [4.69, 9.17) is 0 Å². The van der Waals surface area contributed by atoms with Crippen LogP contribution in [0.4, 0.5) is 0 Å². The lowest BCUT2D eigenvalue weighted by Crippen LogP contribution is -1.94. The minimum atomic E-state index is -0.303. The molecule has 0 atom stereocenters. The molecule has 0 aliphatic carbocycles. The average Bonchev–Trinajstić information content (AvgIpc) is 1.83. The molecule has 0 rings (SSSR count). The predicted molar refractivity (Wildman–Crippen MR) is 30.9 cm³/mol. The van der Waals surface area contributed by atoms with Gasteiger partial charge in [-0.3, -0.25) is 4.79 Å². The van der Waals surface area contributed by atoms with E-state index in [1.165, 1.54) is 0 Å². The van der Waals surface area contributed by atoms with Crippen LogP contribution in [0.2, 0.25) is 0 Å². The first-order valence-corrected chi connectivity index (χ1v) is 2.37. The van der Waals surface area contributed by atoms with Crippen molar-refractivity contribution < 1.29 is 9.53 Å². The van der Waals surface area contributed by atoms with Gasteiger partial charge in [0.1, 0.15) is 7.11 Å². The Morgan fingerprint density at radius 3 is 2.88 bits per heavy atom. The molecule has 0 aromatic carbocycles. The first kappa shape index (κ1) is 7.21. The smallest absolute Gasteiger partial charge is 0.309 e. The highest BCUT2D eigenvalue weighted by molar-refractivity contribution is 5.71. The third-order valence-corrected chi connectivity index (χ3v) is 0.681. The van der Waals surface area contributed by atoms with Crippen molar-refractivity contribution in [2.45, 2.75) is 13.3 Å². The van der Waals surface area contributed by atoms with E-state index in [2.05, 4.69) is 11.8 Å². The molecule has 45 valence electrons. The minimum absolute atomic E-state index is 0.303. The Labute approximate surface area is 49.1 Å². The molecule has 0 heterocycles. The Morgan fingerprint density at radius 2 is 2.50 bits per heavy atom. The first-order chi connectivity index (χ1) is 3.81. The van der Waals surface area contributed by atoms with Crippen molar-refractivity contribution in [3.63, 3.8) is 0 Å². The summed E-state index contributed by atoms with van der Waals surface area (Å²) in [5, 5.41) is 0. The second kappa shape index (κ2) is 4.37. The fraction of sp³-hybridized carbons (Fsp3) is 0.333. The number of hydrogen-bond donors (Lipinski definition) is 0. The normalized spacial score (nSPS) is 9.75. The van der Waals surface area contributed by atoms with Gasteiger partial charge in [0.15, 0.2) is 0 Å². The summed E-state index contributed by atoms with van der Waals surface area (Å²) in [7, 11) is 2.96. The van der Waals surface area contributed by atoms with Gasteiger partial charge >= 0.3 is 5.97 Å². The van der Waals surface area contributed by atoms with Gasteiger partial charge in [0.2, 0.25) is 0 Å². The number of ether oxygens (including phenoxy) is 1. The second-order valence-corrected chi connectivity index (χ2v) is 1.29. The molecule has 2 heteroatoms. The van der Waals surface area contributed by atoms with E-state index in [9.17, 15) is 4.79 Å². The van der Waals surface area contributed by atoms with Crippen LogP contribution in [0, 0.1) is 7.11 Å². The van der Waals surface area contributed by atoms with Crippen LogP contribution < -0.4 is 0 Å². The summed E-state index contributed by atoms with van der Waals surface area (Å²) in [5.41, 5.74) is 0. The number of hydrogen-bond acceptors (Lipinski definition) is 2. The van der Waals surface area contributed by atoms with Crippen molar-refractivity contribution in [1.82, 2.24) is 0 Å². The molecule has 0 bridgehead atoms. The van der Waals surface area contributed by atoms with Gasteiger partial charge in [-0.05, 0) is 6.92 Å². The molecular formula is C6H9O2. The van der Waals surface area contributed by atoms with E-state index in [1.807, 2.05) is 6.92 Å². The molecule has 8 heavy (non-hydrogen) atoms. The van der Waals surface area contributed by atoms with E-state index >= 15 is 0 Å². The van der Waals surface area contributed by atoms with Gasteiger partial charge in [-0.1, -0.05) is 12.2 Å². The van der Waals surface area contributed by atoms with Gasteiger partial charge < -0.3 is 4.74 Å². The van der Waals surface area contributed by atoms with Crippen molar-refractivity contribution in [2.24, 2.45) is 0 Å². The van der Waals surface area contributed by atoms with Crippen LogP contribution >= 0.6 is 0 Å². The summed E-state index contributed by atoms with van der Waals surface area (Å²) in [4.78, 5) is 10.2. The van der Waals surface area contributed by atoms with E-state index < -0.39 is 0 Å². The van der Waals surface area contributed by atoms with Gasteiger partial charge in [-0.25, -0.2) is 0 Å². The molecule has 0 unspecified atom stereocenters. The van der Waals surface area contributed by atoms with Gasteiger partial charge in [0, 0.05) is 0 Å². The molecule has 0 N–H and O–H groups in total. The summed E-state index contributed by atoms with van der Waals surface area (Å²) in [6, 6.07) is 0. The van der Waals surface area contributed by atoms with E-state index in [1.54, 1.807) is 12.2 Å². The quantitative estimate of drug-likeness (QED) is 0.398. The SMILES string of the molecule is [CH2]OC(=O)C/C=C/C. The summed E-state index contributed by atoms with van der Waals surface area (Å²) in [6.45, 7) is 1.84. The molecule has 0 spiro atoms. The Kier molecular flexibility index (Phi) is 3.94. The lowest BCUT2D eigenvalue weighted by molar-refractivity contribution is -0.137. The third-order valence-electron chi connectivity index (χ3n) is 0.681. The Morgan fingerprint density at radius 1 is 1.88 bits per heavy atom. The van der Waals surface area contributed by atoms with Crippen molar-refractivity contribution >= 4 is 5.97 Å². The summed E-state index contributed by atoms with van der Waals surface area (Å²) in [6.07, 6.45) is 3.82. The zero-order chi connectivity index (χ0) is 6.41. The molecule has 0 saturated carbocycles. The highest BCUT2D eigenvalue weighted by atomic mass is 16.5. The van der Waals surface area contributed by atoms with E-state index in [0.29, 0.717) is 6.42 Å². The van der Waals surface area contributed by atoms with Crippen molar-refractivity contribution in [2.75, 3.05) is 0 Å². The van der Waals surface area contributed by atoms with E-state index in [-0.39, 0.29) is 5.97 Å². The topological polar surface area (TPSA) is 26.3 Å². The lowest BCUT2D eigenvalue weighted by Gasteiger charge is -1.88. The van der Waals surface area contributed by atoms with Crippen LogP contribution in [0.3, 0.4) is 0 Å². The van der Waals surface area contributed by atoms with Crippen LogP contribution in [0.15, 0.2) is 12.2 Å². The number of rotatable bonds is 2. The van der Waals surface area contributed by atoms with Crippen molar-refractivity contribution in [3.05, 3.63) is 19.3 Å². The van der Waals surface area contributed by atoms with Crippen LogP contribution in [-0.2, 0) is 9.53 Å². The second-order valence-electron chi connectivity index (χ2n) is 1.29. The molecule has 1 radical (unpaired) electrons. The third kappa shape index (κ3) is 3.40. The van der Waals surface area contributed by atoms with Crippen molar-refractivity contribution in [3.8, 4) is 0 Å². The largest absolute Gasteiger partial charge is 0.462 e. The molecule has 0 aliphatic heterocycles. The molecule has 0 aliphatic rings. The van der Waals surface area contributed by atoms with Crippen LogP contribution in [-0.4, -0.2) is 5.97 Å². The number of allylic oxidation sites excluding steroid dienone is 1. The minimum Gasteiger partial charge on any atom is -0.462 e. The van der Waals surface area contributed by atoms with Gasteiger partial charge in [-0.2, -0.15) is 0 Å². The van der Waals surface area contributed by atoms with Crippen LogP contribution in [0.5, 0.6) is 0 Å². The maximum Gasteiger partial charge on any atom is 0.309 e. The molecule has 0 fully saturated rings. The summed E-state index contributed by atoms with van der Waals surface area (Å²) >= 11 is 0. The molecule has 0 aromatic rings. The standard InChI is InChI=1S/C6H9O2/c1-3-4-5-6(7)8-2/h3-4H,2,5H2,1H3/b4-3+. The Hall–Kier alpha value is -0.790. The van der Waals surface area contributed by atoms with Gasteiger partial charge in [0.05, 0.1) is 6.42 Å². The average molecular weight is 113 g/mol. The Balaban J connectivity index is 3.25. The number of carbonyl (C=O) groups is 1. The first-order valence-electron chi connectivity index (χ1n) is 2.37. The van der Waals surface area contributed by atoms with Crippen LogP contribution in [0.1, 0.15) is 13.3 Å². The van der Waals surface area contributed by atoms with E-state index in [0.717, 1.165) is 0 Å². The predicted octanol–water partition coefficient (Wildman–Crippen LogP) is 1.29. The summed E-state index contributed by atoms with van der Waals surface area (Å²) < 4.78 is 4.11. The maximum absolute atomic E-state index is 10.2.